The highest BCUT2D eigenvalue weighted by Crippen LogP contribution is 2.60. The molecule has 0 aromatic heterocycles. The number of aliphatic hydroxyl groups is 1. The second-order valence-corrected chi connectivity index (χ2v) is 13.8. The minimum absolute atomic E-state index is 0.0332. The first-order chi connectivity index (χ1) is 23.7. The Morgan fingerprint density at radius 1 is 1.08 bits per heavy atom. The predicted octanol–water partition coefficient (Wildman–Crippen LogP) is 4.47. The fourth-order valence-electron chi connectivity index (χ4n) is 7.61. The summed E-state index contributed by atoms with van der Waals surface area (Å²) >= 11 is 3.70. The SMILES string of the molecule is C=CCCC(=O)NC[C@@H](OC(=O)[C@@H]1[C@H]2O[C@@]3(CC2Br)[C@H](C(=O)N(CC=C)c2ccc4ccccc4c2)N(CCO)C(=O)[C@@H]13)c1ccccc1. The van der Waals surface area contributed by atoms with Crippen molar-refractivity contribution in [2.75, 3.05) is 31.1 Å². The molecule has 11 heteroatoms. The van der Waals surface area contributed by atoms with Gasteiger partial charge in [0.2, 0.25) is 11.8 Å². The van der Waals surface area contributed by atoms with Crippen LogP contribution in [0.15, 0.2) is 98.1 Å². The molecule has 3 aromatic rings. The largest absolute Gasteiger partial charge is 0.455 e. The first-order valence-corrected chi connectivity index (χ1v) is 17.4. The fraction of sp³-hybridized carbons (Fsp3) is 0.368. The maximum atomic E-state index is 14.7. The number of benzene rings is 3. The van der Waals surface area contributed by atoms with E-state index in [1.165, 1.54) is 4.90 Å². The summed E-state index contributed by atoms with van der Waals surface area (Å²) in [5.74, 6) is -3.73. The average Bonchev–Trinajstić information content (AvgIpc) is 3.71. The number of esters is 1. The Morgan fingerprint density at radius 2 is 1.82 bits per heavy atom. The van der Waals surface area contributed by atoms with Gasteiger partial charge in [-0.25, -0.2) is 0 Å². The van der Waals surface area contributed by atoms with E-state index in [9.17, 15) is 24.3 Å². The molecule has 0 saturated carbocycles. The number of amides is 3. The zero-order valence-electron chi connectivity index (χ0n) is 27.1. The number of carbonyl (C=O) groups excluding carboxylic acids is 4. The smallest absolute Gasteiger partial charge is 0.313 e. The summed E-state index contributed by atoms with van der Waals surface area (Å²) in [5.41, 5.74) is -0.0414. The van der Waals surface area contributed by atoms with Gasteiger partial charge in [0.15, 0.2) is 0 Å². The van der Waals surface area contributed by atoms with Crippen LogP contribution in [0.2, 0.25) is 0 Å². The molecule has 1 unspecified atom stereocenters. The molecule has 49 heavy (non-hydrogen) atoms. The lowest BCUT2D eigenvalue weighted by Crippen LogP contribution is -2.57. The lowest BCUT2D eigenvalue weighted by molar-refractivity contribution is -0.160. The monoisotopic (exact) mass is 729 g/mol. The molecule has 3 aromatic carbocycles. The standard InChI is InChI=1S/C38H40BrN3O7/c1-3-5-15-30(44)40-23-29(25-12-7-6-8-13-25)48-37(47)31-32-35(45)42(19-20-43)34(38(32)22-28(39)33(31)49-38)36(46)41(18-4-2)27-17-16-24-11-9-10-14-26(24)21-27/h3-4,6-14,16-17,21,28-29,31-34,43H,1-2,5,15,18-20,22-23H2,(H,40,44)/t28?,29-,31+,32-,33+,34+,38-/m1/s1. The van der Waals surface area contributed by atoms with Crippen molar-refractivity contribution in [2.45, 2.75) is 47.9 Å². The van der Waals surface area contributed by atoms with E-state index in [0.717, 1.165) is 10.8 Å². The molecule has 7 atom stereocenters. The number of hydrogen-bond donors (Lipinski definition) is 2. The van der Waals surface area contributed by atoms with E-state index in [1.807, 2.05) is 60.7 Å². The molecule has 3 aliphatic heterocycles. The van der Waals surface area contributed by atoms with Crippen LogP contribution in [0.1, 0.15) is 30.9 Å². The summed E-state index contributed by atoms with van der Waals surface area (Å²) < 4.78 is 12.7. The van der Waals surface area contributed by atoms with Gasteiger partial charge in [0.1, 0.15) is 17.7 Å². The number of fused-ring (bicyclic) bond motifs is 2. The lowest BCUT2D eigenvalue weighted by Gasteiger charge is -2.37. The van der Waals surface area contributed by atoms with Gasteiger partial charge < -0.3 is 29.7 Å². The van der Waals surface area contributed by atoms with Crippen molar-refractivity contribution in [3.8, 4) is 0 Å². The molecule has 0 aliphatic carbocycles. The van der Waals surface area contributed by atoms with E-state index in [4.69, 9.17) is 9.47 Å². The van der Waals surface area contributed by atoms with Crippen molar-refractivity contribution in [3.63, 3.8) is 0 Å². The number of hydrogen-bond acceptors (Lipinski definition) is 7. The molecule has 10 nitrogen and oxygen atoms in total. The Balaban J connectivity index is 1.32. The Hall–Kier alpha value is -4.32. The van der Waals surface area contributed by atoms with Gasteiger partial charge in [-0.2, -0.15) is 0 Å². The first-order valence-electron chi connectivity index (χ1n) is 16.5. The van der Waals surface area contributed by atoms with Gasteiger partial charge in [0.25, 0.3) is 5.91 Å². The summed E-state index contributed by atoms with van der Waals surface area (Å²) in [4.78, 5) is 58.3. The van der Waals surface area contributed by atoms with Gasteiger partial charge in [-0.05, 0) is 41.3 Å². The molecule has 3 heterocycles. The molecule has 256 valence electrons. The topological polar surface area (TPSA) is 125 Å². The second-order valence-electron chi connectivity index (χ2n) is 12.7. The van der Waals surface area contributed by atoms with Crippen LogP contribution in [0.3, 0.4) is 0 Å². The number of rotatable bonds is 14. The molecular weight excluding hydrogens is 690 g/mol. The quantitative estimate of drug-likeness (QED) is 0.143. The van der Waals surface area contributed by atoms with E-state index >= 15 is 0 Å². The number of β-amino-alcohol motifs (C(OH)–C–C–N with tert-alkyl or cyclic N) is 1. The summed E-state index contributed by atoms with van der Waals surface area (Å²) in [6.45, 7) is 7.24. The predicted molar refractivity (Wildman–Crippen MR) is 189 cm³/mol. The van der Waals surface area contributed by atoms with Gasteiger partial charge in [-0.3, -0.25) is 19.2 Å². The molecule has 2 bridgehead atoms. The summed E-state index contributed by atoms with van der Waals surface area (Å²) in [7, 11) is 0. The van der Waals surface area contributed by atoms with Crippen molar-refractivity contribution in [2.24, 2.45) is 11.8 Å². The third kappa shape index (κ3) is 6.42. The van der Waals surface area contributed by atoms with Crippen LogP contribution in [0.5, 0.6) is 0 Å². The van der Waals surface area contributed by atoms with Crippen LogP contribution in [-0.4, -0.2) is 82.5 Å². The number of nitrogens with one attached hydrogen (secondary N) is 1. The number of alkyl halides is 1. The summed E-state index contributed by atoms with van der Waals surface area (Å²) in [6, 6.07) is 21.5. The minimum atomic E-state index is -1.34. The molecule has 1 spiro atoms. The van der Waals surface area contributed by atoms with Crippen molar-refractivity contribution < 1.29 is 33.8 Å². The number of halogens is 1. The van der Waals surface area contributed by atoms with Crippen LogP contribution in [0.25, 0.3) is 10.8 Å². The normalized spacial score (nSPS) is 25.9. The molecule has 6 rings (SSSR count). The molecule has 3 amide bonds. The first kappa shape index (κ1) is 34.5. The fourth-order valence-corrected chi connectivity index (χ4v) is 8.56. The number of aliphatic hydroxyl groups excluding tert-OH is 1. The van der Waals surface area contributed by atoms with Gasteiger partial charge in [0.05, 0.1) is 31.1 Å². The Labute approximate surface area is 293 Å². The van der Waals surface area contributed by atoms with Crippen LogP contribution < -0.4 is 10.2 Å². The molecule has 0 radical (unpaired) electrons. The van der Waals surface area contributed by atoms with Gasteiger partial charge in [-0.1, -0.05) is 88.7 Å². The van der Waals surface area contributed by atoms with Crippen LogP contribution in [0, 0.1) is 11.8 Å². The highest BCUT2D eigenvalue weighted by atomic mass is 79.9. The number of nitrogens with zero attached hydrogens (tertiary/aromatic N) is 2. The third-order valence-corrected chi connectivity index (χ3v) is 10.6. The molecule has 3 saturated heterocycles. The van der Waals surface area contributed by atoms with Crippen LogP contribution in [0.4, 0.5) is 5.69 Å². The number of carbonyl (C=O) groups is 4. The van der Waals surface area contributed by atoms with Crippen molar-refractivity contribution in [1.29, 1.82) is 0 Å². The van der Waals surface area contributed by atoms with E-state index < -0.39 is 53.5 Å². The molecule has 3 fully saturated rings. The number of ether oxygens (including phenoxy) is 2. The van der Waals surface area contributed by atoms with Gasteiger partial charge >= 0.3 is 5.97 Å². The van der Waals surface area contributed by atoms with E-state index in [-0.39, 0.29) is 43.4 Å². The third-order valence-electron chi connectivity index (χ3n) is 9.75. The maximum Gasteiger partial charge on any atom is 0.313 e. The van der Waals surface area contributed by atoms with Gasteiger partial charge in [-0.15, -0.1) is 13.2 Å². The molecule has 3 aliphatic rings. The Kier molecular flexibility index (Phi) is 10.3. The Bertz CT molecular complexity index is 1750. The number of anilines is 1. The van der Waals surface area contributed by atoms with Gasteiger partial charge in [0, 0.05) is 30.0 Å². The van der Waals surface area contributed by atoms with E-state index in [0.29, 0.717) is 24.1 Å². The summed E-state index contributed by atoms with van der Waals surface area (Å²) in [6.07, 6.45) is 2.78. The zero-order chi connectivity index (χ0) is 34.7. The molecule has 2 N–H and O–H groups in total. The zero-order valence-corrected chi connectivity index (χ0v) is 28.7. The minimum Gasteiger partial charge on any atom is -0.455 e. The second kappa shape index (κ2) is 14.7. The maximum absolute atomic E-state index is 14.7. The molecular formula is C38H40BrN3O7. The number of likely N-dealkylation sites (tertiary alicyclic amines) is 1. The van der Waals surface area contributed by atoms with Crippen LogP contribution >= 0.6 is 15.9 Å². The average molecular weight is 731 g/mol. The van der Waals surface area contributed by atoms with E-state index in [1.54, 1.807) is 29.2 Å². The lowest BCUT2D eigenvalue weighted by atomic mass is 9.70. The summed E-state index contributed by atoms with van der Waals surface area (Å²) in [5, 5.41) is 14.9. The van der Waals surface area contributed by atoms with Crippen molar-refractivity contribution >= 4 is 56.1 Å². The van der Waals surface area contributed by atoms with Crippen molar-refractivity contribution in [3.05, 3.63) is 104 Å². The van der Waals surface area contributed by atoms with Crippen molar-refractivity contribution in [1.82, 2.24) is 10.2 Å². The number of allylic oxidation sites excluding steroid dienone is 1. The van der Waals surface area contributed by atoms with E-state index in [2.05, 4.69) is 34.4 Å². The van der Waals surface area contributed by atoms with Crippen LogP contribution in [-0.2, 0) is 28.7 Å². The highest BCUT2D eigenvalue weighted by Gasteiger charge is 2.77. The highest BCUT2D eigenvalue weighted by molar-refractivity contribution is 9.09. The Morgan fingerprint density at radius 3 is 2.53 bits per heavy atom.